The van der Waals surface area contributed by atoms with E-state index in [1.54, 1.807) is 0 Å². The van der Waals surface area contributed by atoms with Gasteiger partial charge in [0, 0.05) is 19.3 Å². The fraction of sp³-hybridized carbons (Fsp3) is 0.741. The Morgan fingerprint density at radius 1 is 0.414 bits per heavy atom. The van der Waals surface area contributed by atoms with Crippen LogP contribution in [0.15, 0.2) is 72.9 Å². The molecule has 12 heteroatoms. The summed E-state index contributed by atoms with van der Waals surface area (Å²) in [7, 11) is -4.76. The molecule has 0 aliphatic carbocycles. The molecule has 70 heavy (non-hydrogen) atoms. The Labute approximate surface area is 427 Å². The number of rotatable bonds is 51. The van der Waals surface area contributed by atoms with Gasteiger partial charge in [-0.05, 0) is 77.0 Å². The van der Waals surface area contributed by atoms with Crippen LogP contribution in [0.3, 0.4) is 0 Å². The van der Waals surface area contributed by atoms with E-state index in [2.05, 4.69) is 81.5 Å². The molecule has 11 nitrogen and oxygen atoms in total. The summed E-state index contributed by atoms with van der Waals surface area (Å²) in [4.78, 5) is 48.4. The van der Waals surface area contributed by atoms with Crippen molar-refractivity contribution >= 4 is 25.7 Å². The van der Waals surface area contributed by atoms with E-state index >= 15 is 0 Å². The molecule has 0 aromatic heterocycles. The van der Waals surface area contributed by atoms with Gasteiger partial charge in [0.15, 0.2) is 6.10 Å². The number of carbonyl (C=O) groups is 3. The molecule has 0 rings (SSSR count). The highest BCUT2D eigenvalue weighted by molar-refractivity contribution is 7.47. The molecule has 0 radical (unpaired) electrons. The van der Waals surface area contributed by atoms with E-state index in [4.69, 9.17) is 23.3 Å². The van der Waals surface area contributed by atoms with E-state index in [1.165, 1.54) is 103 Å². The van der Waals surface area contributed by atoms with Crippen LogP contribution in [0.5, 0.6) is 0 Å². The second-order valence-corrected chi connectivity index (χ2v) is 19.8. The summed E-state index contributed by atoms with van der Waals surface area (Å²) in [6, 6.07) is 0. The predicted molar refractivity (Wildman–Crippen MR) is 288 cm³/mol. The van der Waals surface area contributed by atoms with Crippen LogP contribution >= 0.6 is 7.82 Å². The van der Waals surface area contributed by atoms with Crippen molar-refractivity contribution in [3.05, 3.63) is 72.9 Å². The molecule has 2 N–H and O–H groups in total. The second kappa shape index (κ2) is 52.2. The highest BCUT2D eigenvalue weighted by Gasteiger charge is 2.28. The number of hydrogen-bond donors (Lipinski definition) is 2. The number of hydrogen-bond acceptors (Lipinski definition) is 10. The van der Waals surface area contributed by atoms with Crippen molar-refractivity contribution in [3.63, 3.8) is 0 Å². The molecule has 0 saturated carbocycles. The number of ether oxygens (including phenoxy) is 3. The molecule has 3 unspecified atom stereocenters. The summed E-state index contributed by atoms with van der Waals surface area (Å²) in [6.07, 6.45) is 57.4. The lowest BCUT2D eigenvalue weighted by Crippen LogP contribution is -2.30. The highest BCUT2D eigenvalue weighted by Crippen LogP contribution is 2.43. The Kier molecular flexibility index (Phi) is 50.0. The molecular weight excluding hydrogens is 904 g/mol. The summed E-state index contributed by atoms with van der Waals surface area (Å²) in [5, 5.41) is 9.78. The van der Waals surface area contributed by atoms with Crippen LogP contribution in [0.1, 0.15) is 239 Å². The lowest BCUT2D eigenvalue weighted by molar-refractivity contribution is -0.161. The van der Waals surface area contributed by atoms with E-state index in [9.17, 15) is 28.9 Å². The zero-order chi connectivity index (χ0) is 51.3. The molecular formula is C58H101O11P. The Hall–Kier alpha value is -3.08. The average molecular weight is 1010 g/mol. The van der Waals surface area contributed by atoms with E-state index in [-0.39, 0.29) is 25.9 Å². The Balaban J connectivity index is 4.78. The lowest BCUT2D eigenvalue weighted by Gasteiger charge is -2.21. The van der Waals surface area contributed by atoms with Crippen LogP contribution in [0.4, 0.5) is 0 Å². The third kappa shape index (κ3) is 49.9. The fourth-order valence-electron chi connectivity index (χ4n) is 7.40. The minimum absolute atomic E-state index is 0.104. The van der Waals surface area contributed by atoms with E-state index in [1.807, 2.05) is 12.2 Å². The van der Waals surface area contributed by atoms with Gasteiger partial charge in [0.2, 0.25) is 0 Å². The van der Waals surface area contributed by atoms with Crippen LogP contribution < -0.4 is 0 Å². The van der Waals surface area contributed by atoms with Gasteiger partial charge in [0.05, 0.1) is 19.8 Å². The van der Waals surface area contributed by atoms with Gasteiger partial charge >= 0.3 is 25.7 Å². The smallest absolute Gasteiger partial charge is 0.462 e. The minimum atomic E-state index is -4.76. The Morgan fingerprint density at radius 2 is 0.771 bits per heavy atom. The topological polar surface area (TPSA) is 155 Å². The van der Waals surface area contributed by atoms with Crippen molar-refractivity contribution in [2.24, 2.45) is 0 Å². The number of phosphoric ester groups is 1. The number of aliphatic hydroxyl groups excluding tert-OH is 1. The molecule has 0 amide bonds. The van der Waals surface area contributed by atoms with Gasteiger partial charge < -0.3 is 24.2 Å². The van der Waals surface area contributed by atoms with Crippen LogP contribution in [-0.4, -0.2) is 66.5 Å². The van der Waals surface area contributed by atoms with E-state index in [0.717, 1.165) is 77.0 Å². The van der Waals surface area contributed by atoms with Gasteiger partial charge in [-0.3, -0.25) is 23.4 Å². The van der Waals surface area contributed by atoms with E-state index in [0.29, 0.717) is 19.3 Å². The first-order valence-electron chi connectivity index (χ1n) is 27.8. The first-order chi connectivity index (χ1) is 34.2. The van der Waals surface area contributed by atoms with Crippen LogP contribution in [0.2, 0.25) is 0 Å². The minimum Gasteiger partial charge on any atom is -0.462 e. The van der Waals surface area contributed by atoms with Gasteiger partial charge in [-0.25, -0.2) is 4.57 Å². The summed E-state index contributed by atoms with van der Waals surface area (Å²) in [6.45, 7) is 4.41. The molecule has 0 aromatic carbocycles. The summed E-state index contributed by atoms with van der Waals surface area (Å²) < 4.78 is 39.3. The predicted octanol–water partition coefficient (Wildman–Crippen LogP) is 16.1. The molecule has 0 heterocycles. The van der Waals surface area contributed by atoms with Crippen molar-refractivity contribution in [2.75, 3.05) is 26.4 Å². The number of unbranched alkanes of at least 4 members (excludes halogenated alkanes) is 22. The van der Waals surface area contributed by atoms with Gasteiger partial charge in [0.1, 0.15) is 12.7 Å². The van der Waals surface area contributed by atoms with Gasteiger partial charge in [-0.2, -0.15) is 0 Å². The second-order valence-electron chi connectivity index (χ2n) is 18.4. The van der Waals surface area contributed by atoms with Crippen LogP contribution in [0, 0.1) is 0 Å². The van der Waals surface area contributed by atoms with Crippen molar-refractivity contribution in [2.45, 2.75) is 251 Å². The van der Waals surface area contributed by atoms with E-state index < -0.39 is 57.8 Å². The number of aliphatic hydroxyl groups is 1. The zero-order valence-corrected chi connectivity index (χ0v) is 45.4. The normalized spacial score (nSPS) is 14.0. The van der Waals surface area contributed by atoms with Crippen LogP contribution in [-0.2, 0) is 42.2 Å². The number of carbonyl (C=O) groups excluding carboxylic acids is 3. The quantitative estimate of drug-likeness (QED) is 0.0197. The first-order valence-corrected chi connectivity index (χ1v) is 29.3. The number of esters is 3. The molecule has 0 spiro atoms. The average Bonchev–Trinajstić information content (AvgIpc) is 3.35. The van der Waals surface area contributed by atoms with Gasteiger partial charge in [0.25, 0.3) is 0 Å². The molecule has 0 aromatic rings. The van der Waals surface area contributed by atoms with Crippen molar-refractivity contribution in [1.82, 2.24) is 0 Å². The molecule has 404 valence electrons. The largest absolute Gasteiger partial charge is 0.472 e. The fourth-order valence-corrected chi connectivity index (χ4v) is 8.18. The Morgan fingerprint density at radius 3 is 1.23 bits per heavy atom. The molecule has 0 bridgehead atoms. The number of phosphoric acid groups is 1. The maximum Gasteiger partial charge on any atom is 0.472 e. The molecule has 0 aliphatic heterocycles. The maximum atomic E-state index is 12.9. The van der Waals surface area contributed by atoms with Crippen molar-refractivity contribution in [3.8, 4) is 0 Å². The maximum absolute atomic E-state index is 12.9. The highest BCUT2D eigenvalue weighted by atomic mass is 31.2. The zero-order valence-electron chi connectivity index (χ0n) is 44.5. The van der Waals surface area contributed by atoms with Gasteiger partial charge in [-0.1, -0.05) is 216 Å². The lowest BCUT2D eigenvalue weighted by atomic mass is 10.1. The van der Waals surface area contributed by atoms with Crippen molar-refractivity contribution in [1.29, 1.82) is 0 Å². The molecule has 0 fully saturated rings. The molecule has 0 aliphatic rings. The summed E-state index contributed by atoms with van der Waals surface area (Å²) >= 11 is 0. The number of allylic oxidation sites excluding steroid dienone is 12. The van der Waals surface area contributed by atoms with Gasteiger partial charge in [-0.15, -0.1) is 0 Å². The summed E-state index contributed by atoms with van der Waals surface area (Å²) in [5.74, 6) is -1.56. The van der Waals surface area contributed by atoms with Crippen molar-refractivity contribution < 1.29 is 52.2 Å². The standard InChI is InChI=1S/C58H101O11P/c1-4-7-10-13-16-19-22-24-25-26-27-28-29-31-34-37-40-43-46-49-58(62)69-55(51-65-56(60)47-44-41-38-35-33-30-23-20-17-14-11-8-5-2)53-67-70(63,64)66-52-54(50-59)68-57(61)48-45-42-39-36-32-21-18-15-12-9-6-3/h8,11,16-17,19-20,24-25,30,33,38,41,54-55,59H,4-7,9-10,12-15,18,21-23,26-29,31-32,34-37,39-40,42-53H2,1-3H3,(H,63,64)/b11-8-,19-16-,20-17-,25-24-,33-30-,41-38-. The first kappa shape index (κ1) is 66.9. The third-order valence-corrected chi connectivity index (χ3v) is 12.6. The third-order valence-electron chi connectivity index (χ3n) is 11.6. The Bertz CT molecular complexity index is 1450. The SMILES string of the molecule is CC/C=C\C/C=C\C/C=C\C/C=C\CCC(=O)OCC(COP(=O)(O)OCC(CO)OC(=O)CCCCCCCCCCCCC)OC(=O)CCCCCCCCCCC/C=C\C/C=C\CCCCC. The molecule has 0 saturated heterocycles. The monoisotopic (exact) mass is 1000 g/mol. The van der Waals surface area contributed by atoms with Crippen LogP contribution in [0.25, 0.3) is 0 Å². The molecule has 3 atom stereocenters. The summed E-state index contributed by atoms with van der Waals surface area (Å²) in [5.41, 5.74) is 0.